The van der Waals surface area contributed by atoms with Crippen LogP contribution in [0.25, 0.3) is 0 Å². The average molecular weight is 396 g/mol. The van der Waals surface area contributed by atoms with Crippen molar-refractivity contribution in [1.82, 2.24) is 15.1 Å². The highest BCUT2D eigenvalue weighted by atomic mass is 16.2. The van der Waals surface area contributed by atoms with Gasteiger partial charge in [0.05, 0.1) is 0 Å². The maximum Gasteiger partial charge on any atom is 0.223 e. The summed E-state index contributed by atoms with van der Waals surface area (Å²) >= 11 is 0. The molecule has 3 aliphatic heterocycles. The van der Waals surface area contributed by atoms with E-state index in [-0.39, 0.29) is 11.3 Å². The van der Waals surface area contributed by atoms with E-state index in [1.807, 2.05) is 0 Å². The second-order valence-electron chi connectivity index (χ2n) is 9.95. The number of hydrogen-bond donors (Lipinski definition) is 1. The van der Waals surface area contributed by atoms with Gasteiger partial charge in [0.1, 0.15) is 0 Å². The molecule has 0 aromatic rings. The molecule has 0 aromatic heterocycles. The molecule has 2 saturated heterocycles. The molecule has 0 bridgehead atoms. The maximum absolute atomic E-state index is 12.5. The SMILES string of the molecule is CC(=O)N1CC2(CCN(C3CCNCC3)CC2)C2=C1CCC(C1=CCCC=C1)C2. The van der Waals surface area contributed by atoms with Crippen LogP contribution in [0, 0.1) is 11.3 Å². The van der Waals surface area contributed by atoms with Gasteiger partial charge in [-0.15, -0.1) is 0 Å². The molecule has 1 amide bonds. The number of carbonyl (C=O) groups is 1. The summed E-state index contributed by atoms with van der Waals surface area (Å²) in [5.41, 5.74) is 4.88. The highest BCUT2D eigenvalue weighted by molar-refractivity contribution is 5.76. The van der Waals surface area contributed by atoms with Crippen LogP contribution in [-0.4, -0.2) is 54.5 Å². The largest absolute Gasteiger partial charge is 0.317 e. The van der Waals surface area contributed by atoms with Crippen LogP contribution in [0.2, 0.25) is 0 Å². The number of hydrogen-bond acceptors (Lipinski definition) is 3. The number of nitrogens with zero attached hydrogens (tertiary/aromatic N) is 2. The molecule has 2 fully saturated rings. The first-order valence-electron chi connectivity index (χ1n) is 12.0. The minimum absolute atomic E-state index is 0.252. The van der Waals surface area contributed by atoms with Crippen LogP contribution < -0.4 is 5.32 Å². The van der Waals surface area contributed by atoms with E-state index in [9.17, 15) is 4.79 Å². The topological polar surface area (TPSA) is 35.6 Å². The molecule has 1 unspecified atom stereocenters. The summed E-state index contributed by atoms with van der Waals surface area (Å²) in [4.78, 5) is 17.4. The van der Waals surface area contributed by atoms with Gasteiger partial charge in [0.2, 0.25) is 5.91 Å². The van der Waals surface area contributed by atoms with E-state index in [0.29, 0.717) is 5.92 Å². The lowest BCUT2D eigenvalue weighted by Gasteiger charge is -2.45. The van der Waals surface area contributed by atoms with Gasteiger partial charge in [0.15, 0.2) is 0 Å². The van der Waals surface area contributed by atoms with E-state index in [1.165, 1.54) is 83.2 Å². The van der Waals surface area contributed by atoms with Crippen LogP contribution in [0.4, 0.5) is 0 Å². The summed E-state index contributed by atoms with van der Waals surface area (Å²) in [6.45, 7) is 7.48. The molecule has 1 spiro atoms. The quantitative estimate of drug-likeness (QED) is 0.767. The third-order valence-corrected chi connectivity index (χ3v) is 8.41. The van der Waals surface area contributed by atoms with Crippen LogP contribution in [0.5, 0.6) is 0 Å². The first kappa shape index (κ1) is 19.6. The molecule has 5 aliphatic rings. The molecular weight excluding hydrogens is 358 g/mol. The number of likely N-dealkylation sites (tertiary alicyclic amines) is 1. The Hall–Kier alpha value is -1.39. The average Bonchev–Trinajstić information content (AvgIpc) is 3.09. The van der Waals surface area contributed by atoms with E-state index in [1.54, 1.807) is 18.1 Å². The van der Waals surface area contributed by atoms with E-state index >= 15 is 0 Å². The molecule has 3 heterocycles. The van der Waals surface area contributed by atoms with Gasteiger partial charge in [-0.2, -0.15) is 0 Å². The van der Waals surface area contributed by atoms with Crippen molar-refractivity contribution in [1.29, 1.82) is 0 Å². The first-order valence-corrected chi connectivity index (χ1v) is 12.0. The number of nitrogens with one attached hydrogen (secondary N) is 1. The van der Waals surface area contributed by atoms with Crippen LogP contribution in [0.1, 0.15) is 64.7 Å². The van der Waals surface area contributed by atoms with Gasteiger partial charge in [-0.1, -0.05) is 18.2 Å². The molecule has 1 atom stereocenters. The Bertz CT molecular complexity index is 735. The first-order chi connectivity index (χ1) is 14.2. The zero-order valence-electron chi connectivity index (χ0n) is 18.1. The predicted molar refractivity (Wildman–Crippen MR) is 117 cm³/mol. The molecule has 4 nitrogen and oxygen atoms in total. The molecule has 0 radical (unpaired) electrons. The van der Waals surface area contributed by atoms with Gasteiger partial charge in [0, 0.05) is 30.6 Å². The molecule has 2 aliphatic carbocycles. The summed E-state index contributed by atoms with van der Waals surface area (Å²) in [7, 11) is 0. The Morgan fingerprint density at radius 1 is 1.14 bits per heavy atom. The highest BCUT2D eigenvalue weighted by Crippen LogP contribution is 2.54. The Morgan fingerprint density at radius 2 is 1.93 bits per heavy atom. The molecule has 158 valence electrons. The zero-order valence-corrected chi connectivity index (χ0v) is 18.1. The number of carbonyl (C=O) groups excluding carboxylic acids is 1. The van der Waals surface area contributed by atoms with Crippen LogP contribution in [0.3, 0.4) is 0 Å². The van der Waals surface area contributed by atoms with E-state index < -0.39 is 0 Å². The molecule has 0 aromatic carbocycles. The standard InChI is InChI=1S/C25H37N3O/c1-19(29)28-18-25(11-15-27(16-12-25)22-9-13-26-14-10-22)23-17-21(7-8-24(23)28)20-5-3-2-4-6-20/h3,5-6,21-22,26H,2,4,7-18H2,1H3. The van der Waals surface area contributed by atoms with Crippen molar-refractivity contribution in [2.45, 2.75) is 70.8 Å². The second kappa shape index (κ2) is 8.03. The number of piperidine rings is 2. The summed E-state index contributed by atoms with van der Waals surface area (Å²) in [6, 6.07) is 0.768. The Morgan fingerprint density at radius 3 is 2.62 bits per heavy atom. The van der Waals surface area contributed by atoms with Crippen LogP contribution >= 0.6 is 0 Å². The number of fused-ring (bicyclic) bond motifs is 1. The van der Waals surface area contributed by atoms with Crippen molar-refractivity contribution in [3.05, 3.63) is 35.1 Å². The van der Waals surface area contributed by atoms with Gasteiger partial charge >= 0.3 is 0 Å². The Labute approximate surface area is 176 Å². The molecule has 29 heavy (non-hydrogen) atoms. The summed E-state index contributed by atoms with van der Waals surface area (Å²) in [6.07, 6.45) is 18.1. The van der Waals surface area contributed by atoms with Crippen molar-refractivity contribution >= 4 is 5.91 Å². The molecular formula is C25H37N3O. The zero-order chi connectivity index (χ0) is 19.8. The van der Waals surface area contributed by atoms with E-state index in [0.717, 1.165) is 19.0 Å². The minimum Gasteiger partial charge on any atom is -0.317 e. The lowest BCUT2D eigenvalue weighted by molar-refractivity contribution is -0.127. The van der Waals surface area contributed by atoms with Crippen molar-refractivity contribution in [3.63, 3.8) is 0 Å². The molecule has 4 heteroatoms. The molecule has 5 rings (SSSR count). The van der Waals surface area contributed by atoms with Crippen molar-refractivity contribution in [2.24, 2.45) is 11.3 Å². The van der Waals surface area contributed by atoms with E-state index in [2.05, 4.69) is 33.3 Å². The smallest absolute Gasteiger partial charge is 0.223 e. The minimum atomic E-state index is 0.252. The fourth-order valence-electron chi connectivity index (χ4n) is 6.71. The summed E-state index contributed by atoms with van der Waals surface area (Å²) in [5, 5.41) is 3.50. The molecule has 0 saturated carbocycles. The van der Waals surface area contributed by atoms with Crippen LogP contribution in [0.15, 0.2) is 35.1 Å². The Kier molecular flexibility index (Phi) is 5.42. The fraction of sp³-hybridized carbons (Fsp3) is 0.720. The monoisotopic (exact) mass is 395 g/mol. The van der Waals surface area contributed by atoms with Crippen molar-refractivity contribution in [2.75, 3.05) is 32.7 Å². The number of amides is 1. The summed E-state index contributed by atoms with van der Waals surface area (Å²) in [5.74, 6) is 0.918. The fourth-order valence-corrected chi connectivity index (χ4v) is 6.71. The van der Waals surface area contributed by atoms with Gasteiger partial charge in [-0.3, -0.25) is 4.79 Å². The van der Waals surface area contributed by atoms with Crippen molar-refractivity contribution in [3.8, 4) is 0 Å². The van der Waals surface area contributed by atoms with Crippen molar-refractivity contribution < 1.29 is 4.79 Å². The third-order valence-electron chi connectivity index (χ3n) is 8.41. The van der Waals surface area contributed by atoms with Gasteiger partial charge in [-0.25, -0.2) is 0 Å². The normalized spacial score (nSPS) is 30.6. The highest BCUT2D eigenvalue weighted by Gasteiger charge is 2.49. The van der Waals surface area contributed by atoms with Gasteiger partial charge in [-0.05, 0) is 101 Å². The Balaban J connectivity index is 1.35. The number of rotatable bonds is 2. The summed E-state index contributed by atoms with van der Waals surface area (Å²) < 4.78 is 0. The second-order valence-corrected chi connectivity index (χ2v) is 9.95. The van der Waals surface area contributed by atoms with Gasteiger partial charge in [0.25, 0.3) is 0 Å². The van der Waals surface area contributed by atoms with E-state index in [4.69, 9.17) is 0 Å². The third kappa shape index (κ3) is 3.63. The lowest BCUT2D eigenvalue weighted by Crippen LogP contribution is -2.50. The molecule has 1 N–H and O–H groups in total. The predicted octanol–water partition coefficient (Wildman–Crippen LogP) is 4.01. The van der Waals surface area contributed by atoms with Crippen LogP contribution in [-0.2, 0) is 4.79 Å². The van der Waals surface area contributed by atoms with Gasteiger partial charge < -0.3 is 15.1 Å². The maximum atomic E-state index is 12.5. The lowest BCUT2D eigenvalue weighted by atomic mass is 9.67. The number of allylic oxidation sites excluding steroid dienone is 5.